The molecule has 1 heterocycles. The predicted molar refractivity (Wildman–Crippen MR) is 102 cm³/mol. The zero-order valence-electron chi connectivity index (χ0n) is 16.6. The normalized spacial score (nSPS) is 17.7. The molecule has 2 amide bonds. The fourth-order valence-electron chi connectivity index (χ4n) is 3.51. The van der Waals surface area contributed by atoms with Crippen LogP contribution in [0.2, 0.25) is 0 Å². The van der Waals surface area contributed by atoms with E-state index in [1.807, 2.05) is 26.8 Å². The standard InChI is InChI=1S/C20H31N3O3/c1-6-22(7-2)19(24)12-17-20(25)21-10-11-23(17)13-16-8-9-18(26-5)15(4)14(16)3/h8-9,17H,6-7,10-13H2,1-5H3,(H,21,25)/t17-/m0/s1. The molecule has 0 unspecified atom stereocenters. The van der Waals surface area contributed by atoms with Crippen molar-refractivity contribution in [1.29, 1.82) is 0 Å². The monoisotopic (exact) mass is 361 g/mol. The average Bonchev–Trinajstić information content (AvgIpc) is 2.63. The number of nitrogens with one attached hydrogen (secondary N) is 1. The molecule has 1 atom stereocenters. The Labute approximate surface area is 156 Å². The lowest BCUT2D eigenvalue weighted by atomic mass is 10.00. The maximum Gasteiger partial charge on any atom is 0.237 e. The minimum absolute atomic E-state index is 0.0321. The zero-order valence-corrected chi connectivity index (χ0v) is 16.6. The van der Waals surface area contributed by atoms with Gasteiger partial charge in [0.1, 0.15) is 5.75 Å². The molecule has 1 fully saturated rings. The van der Waals surface area contributed by atoms with Crippen LogP contribution < -0.4 is 10.1 Å². The van der Waals surface area contributed by atoms with Gasteiger partial charge in [0.2, 0.25) is 11.8 Å². The number of hydrogen-bond donors (Lipinski definition) is 1. The molecule has 0 saturated carbocycles. The predicted octanol–water partition coefficient (Wildman–Crippen LogP) is 1.87. The minimum atomic E-state index is -0.418. The molecule has 0 aliphatic carbocycles. The highest BCUT2D eigenvalue weighted by atomic mass is 16.5. The Hall–Kier alpha value is -2.08. The summed E-state index contributed by atoms with van der Waals surface area (Å²) in [5.41, 5.74) is 3.45. The van der Waals surface area contributed by atoms with E-state index in [1.54, 1.807) is 12.0 Å². The summed E-state index contributed by atoms with van der Waals surface area (Å²) in [6.07, 6.45) is 0.224. The maximum atomic E-state index is 12.5. The number of piperazine rings is 1. The zero-order chi connectivity index (χ0) is 19.3. The van der Waals surface area contributed by atoms with Gasteiger partial charge >= 0.3 is 0 Å². The second-order valence-corrected chi connectivity index (χ2v) is 6.72. The molecule has 6 heteroatoms. The first-order valence-corrected chi connectivity index (χ1v) is 9.35. The summed E-state index contributed by atoms with van der Waals surface area (Å²) in [6, 6.07) is 3.60. The Morgan fingerprint density at radius 2 is 1.96 bits per heavy atom. The van der Waals surface area contributed by atoms with Crippen molar-refractivity contribution in [2.24, 2.45) is 0 Å². The lowest BCUT2D eigenvalue weighted by molar-refractivity contribution is -0.138. The minimum Gasteiger partial charge on any atom is -0.496 e. The maximum absolute atomic E-state index is 12.5. The number of nitrogens with zero attached hydrogens (tertiary/aromatic N) is 2. The Morgan fingerprint density at radius 1 is 1.27 bits per heavy atom. The molecular formula is C20H31N3O3. The molecule has 1 N–H and O–H groups in total. The number of benzene rings is 1. The van der Waals surface area contributed by atoms with Crippen LogP contribution in [0.3, 0.4) is 0 Å². The molecule has 0 bridgehead atoms. The van der Waals surface area contributed by atoms with E-state index in [2.05, 4.69) is 23.2 Å². The van der Waals surface area contributed by atoms with Gasteiger partial charge in [-0.1, -0.05) is 6.07 Å². The van der Waals surface area contributed by atoms with E-state index in [0.29, 0.717) is 26.2 Å². The number of amides is 2. The molecule has 2 rings (SSSR count). The highest BCUT2D eigenvalue weighted by Gasteiger charge is 2.32. The molecule has 0 aromatic heterocycles. The van der Waals surface area contributed by atoms with Crippen LogP contribution in [0.1, 0.15) is 37.0 Å². The van der Waals surface area contributed by atoms with Gasteiger partial charge in [-0.3, -0.25) is 14.5 Å². The third kappa shape index (κ3) is 4.36. The molecule has 1 aliphatic rings. The Bertz CT molecular complexity index is 656. The first kappa shape index (κ1) is 20.2. The fraction of sp³-hybridized carbons (Fsp3) is 0.600. The summed E-state index contributed by atoms with van der Waals surface area (Å²) in [5, 5.41) is 2.90. The van der Waals surface area contributed by atoms with E-state index in [4.69, 9.17) is 4.74 Å². The molecule has 1 aliphatic heterocycles. The van der Waals surface area contributed by atoms with Crippen LogP contribution >= 0.6 is 0 Å². The molecule has 0 spiro atoms. The summed E-state index contributed by atoms with van der Waals surface area (Å²) < 4.78 is 5.38. The second kappa shape index (κ2) is 9.03. The van der Waals surface area contributed by atoms with Crippen LogP contribution in [0, 0.1) is 13.8 Å². The summed E-state index contributed by atoms with van der Waals surface area (Å²) in [6.45, 7) is 11.4. The van der Waals surface area contributed by atoms with Gasteiger partial charge in [0.05, 0.1) is 19.6 Å². The topological polar surface area (TPSA) is 61.9 Å². The van der Waals surface area contributed by atoms with E-state index in [1.165, 1.54) is 11.1 Å². The van der Waals surface area contributed by atoms with Crippen molar-refractivity contribution >= 4 is 11.8 Å². The molecule has 144 valence electrons. The van der Waals surface area contributed by atoms with Crippen molar-refractivity contribution in [3.63, 3.8) is 0 Å². The van der Waals surface area contributed by atoms with Crippen LogP contribution in [-0.4, -0.2) is 60.9 Å². The first-order chi connectivity index (χ1) is 12.4. The van der Waals surface area contributed by atoms with Crippen molar-refractivity contribution in [1.82, 2.24) is 15.1 Å². The van der Waals surface area contributed by atoms with Gasteiger partial charge in [-0.2, -0.15) is 0 Å². The molecule has 26 heavy (non-hydrogen) atoms. The van der Waals surface area contributed by atoms with Crippen LogP contribution in [0.4, 0.5) is 0 Å². The number of methoxy groups -OCH3 is 1. The number of carbonyl (C=O) groups is 2. The Morgan fingerprint density at radius 3 is 2.58 bits per heavy atom. The quantitative estimate of drug-likeness (QED) is 0.805. The Balaban J connectivity index is 2.19. The van der Waals surface area contributed by atoms with Gasteiger partial charge in [-0.25, -0.2) is 0 Å². The number of carbonyl (C=O) groups excluding carboxylic acids is 2. The molecule has 1 aromatic carbocycles. The summed E-state index contributed by atoms with van der Waals surface area (Å²) in [4.78, 5) is 28.9. The molecule has 1 aromatic rings. The van der Waals surface area contributed by atoms with E-state index < -0.39 is 6.04 Å². The van der Waals surface area contributed by atoms with Gasteiger partial charge in [-0.05, 0) is 50.5 Å². The first-order valence-electron chi connectivity index (χ1n) is 9.35. The molecule has 0 radical (unpaired) electrons. The number of ether oxygens (including phenoxy) is 1. The van der Waals surface area contributed by atoms with Crippen LogP contribution in [0.5, 0.6) is 5.75 Å². The third-order valence-electron chi connectivity index (χ3n) is 5.37. The van der Waals surface area contributed by atoms with Gasteiger partial charge in [-0.15, -0.1) is 0 Å². The highest BCUT2D eigenvalue weighted by molar-refractivity contribution is 5.88. The summed E-state index contributed by atoms with van der Waals surface area (Å²) >= 11 is 0. The van der Waals surface area contributed by atoms with Crippen molar-refractivity contribution in [3.05, 3.63) is 28.8 Å². The lowest BCUT2D eigenvalue weighted by Crippen LogP contribution is -2.56. The van der Waals surface area contributed by atoms with E-state index in [0.717, 1.165) is 17.9 Å². The Kier molecular flexibility index (Phi) is 7.03. The van der Waals surface area contributed by atoms with Crippen LogP contribution in [-0.2, 0) is 16.1 Å². The van der Waals surface area contributed by atoms with Crippen molar-refractivity contribution in [2.75, 3.05) is 33.3 Å². The molecule has 6 nitrogen and oxygen atoms in total. The lowest BCUT2D eigenvalue weighted by Gasteiger charge is -2.36. The molecular weight excluding hydrogens is 330 g/mol. The van der Waals surface area contributed by atoms with Crippen molar-refractivity contribution in [2.45, 2.75) is 46.7 Å². The molecule has 1 saturated heterocycles. The van der Waals surface area contributed by atoms with Gasteiger partial charge in [0.15, 0.2) is 0 Å². The van der Waals surface area contributed by atoms with E-state index in [9.17, 15) is 9.59 Å². The van der Waals surface area contributed by atoms with E-state index in [-0.39, 0.29) is 18.2 Å². The summed E-state index contributed by atoms with van der Waals surface area (Å²) in [5.74, 6) is 0.847. The summed E-state index contributed by atoms with van der Waals surface area (Å²) in [7, 11) is 1.67. The van der Waals surface area contributed by atoms with E-state index >= 15 is 0 Å². The van der Waals surface area contributed by atoms with Crippen LogP contribution in [0.25, 0.3) is 0 Å². The third-order valence-corrected chi connectivity index (χ3v) is 5.37. The van der Waals surface area contributed by atoms with Gasteiger partial charge < -0.3 is 15.0 Å². The number of hydrogen-bond acceptors (Lipinski definition) is 4. The second-order valence-electron chi connectivity index (χ2n) is 6.72. The fourth-order valence-corrected chi connectivity index (χ4v) is 3.51. The highest BCUT2D eigenvalue weighted by Crippen LogP contribution is 2.26. The largest absolute Gasteiger partial charge is 0.496 e. The van der Waals surface area contributed by atoms with Crippen LogP contribution in [0.15, 0.2) is 12.1 Å². The van der Waals surface area contributed by atoms with Crippen molar-refractivity contribution < 1.29 is 14.3 Å². The average molecular weight is 361 g/mol. The van der Waals surface area contributed by atoms with Gasteiger partial charge in [0, 0.05) is 32.7 Å². The van der Waals surface area contributed by atoms with Crippen molar-refractivity contribution in [3.8, 4) is 5.75 Å². The van der Waals surface area contributed by atoms with Gasteiger partial charge in [0.25, 0.3) is 0 Å². The smallest absolute Gasteiger partial charge is 0.237 e. The SMILES string of the molecule is CCN(CC)C(=O)C[C@H]1C(=O)NCCN1Cc1ccc(OC)c(C)c1C. The number of rotatable bonds is 7.